The quantitative estimate of drug-likeness (QED) is 0.404. The van der Waals surface area contributed by atoms with Crippen molar-refractivity contribution in [3.63, 3.8) is 0 Å². The number of hydrogen-bond acceptors (Lipinski definition) is 6. The van der Waals surface area contributed by atoms with Gasteiger partial charge in [-0.1, -0.05) is 78.8 Å². The van der Waals surface area contributed by atoms with Crippen LogP contribution in [0.1, 0.15) is 73.8 Å². The molecule has 0 unspecified atom stereocenters. The highest BCUT2D eigenvalue weighted by molar-refractivity contribution is 5.95. The molecule has 1 aromatic carbocycles. The minimum Gasteiger partial charge on any atom is -0.464 e. The number of carbonyl (C=O) groups excluding carboxylic acids is 4. The topological polar surface area (TPSA) is 108 Å². The number of esters is 1. The molecule has 1 aliphatic heterocycles. The largest absolute Gasteiger partial charge is 0.464 e. The molecular weight excluding hydrogens is 508 g/mol. The number of rotatable bonds is 11. The van der Waals surface area contributed by atoms with Gasteiger partial charge in [0.05, 0.1) is 12.6 Å². The fourth-order valence-electron chi connectivity index (χ4n) is 5.65. The maximum absolute atomic E-state index is 14.1. The Hall–Kier alpha value is -2.94. The summed E-state index contributed by atoms with van der Waals surface area (Å²) in [5.74, 6) is -1.56. The second kappa shape index (κ2) is 13.6. The Morgan fingerprint density at radius 2 is 1.65 bits per heavy atom. The lowest BCUT2D eigenvalue weighted by molar-refractivity contribution is -0.157. The van der Waals surface area contributed by atoms with Crippen LogP contribution in [0.2, 0.25) is 0 Å². The van der Waals surface area contributed by atoms with Gasteiger partial charge in [-0.25, -0.2) is 4.79 Å². The number of nitrogens with zero attached hydrogens (tertiary/aromatic N) is 2. The molecule has 3 amide bonds. The summed E-state index contributed by atoms with van der Waals surface area (Å²) in [6.45, 7) is 15.8. The van der Waals surface area contributed by atoms with Crippen LogP contribution in [0, 0.1) is 11.3 Å². The Balaban J connectivity index is 2.34. The number of likely N-dealkylation sites (N-methyl/N-ethyl adjacent to an activating group) is 2. The van der Waals surface area contributed by atoms with E-state index >= 15 is 0 Å². The van der Waals surface area contributed by atoms with E-state index in [-0.39, 0.29) is 30.2 Å². The van der Waals surface area contributed by atoms with Gasteiger partial charge in [0.1, 0.15) is 18.1 Å². The molecule has 9 heteroatoms. The normalized spacial score (nSPS) is 18.2. The molecule has 1 aliphatic rings. The maximum Gasteiger partial charge on any atom is 0.328 e. The summed E-state index contributed by atoms with van der Waals surface area (Å²) in [5.41, 5.74) is -0.208. The molecule has 9 nitrogen and oxygen atoms in total. The van der Waals surface area contributed by atoms with Crippen LogP contribution in [-0.2, 0) is 29.3 Å². The molecule has 1 heterocycles. The van der Waals surface area contributed by atoms with Crippen molar-refractivity contribution in [3.8, 4) is 0 Å². The van der Waals surface area contributed by atoms with Gasteiger partial charge in [0, 0.05) is 19.0 Å². The monoisotopic (exact) mass is 558 g/mol. The fraction of sp³-hybridized carbons (Fsp3) is 0.677. The van der Waals surface area contributed by atoms with Crippen molar-refractivity contribution in [2.75, 3.05) is 27.2 Å². The van der Waals surface area contributed by atoms with Crippen LogP contribution in [0.3, 0.4) is 0 Å². The van der Waals surface area contributed by atoms with Crippen LogP contribution in [0.5, 0.6) is 0 Å². The molecule has 4 atom stereocenters. The molecule has 2 rings (SSSR count). The van der Waals surface area contributed by atoms with Gasteiger partial charge in [-0.15, -0.1) is 0 Å². The van der Waals surface area contributed by atoms with Gasteiger partial charge >= 0.3 is 5.97 Å². The summed E-state index contributed by atoms with van der Waals surface area (Å²) in [6.07, 6.45) is 1.23. The summed E-state index contributed by atoms with van der Waals surface area (Å²) in [5, 5.41) is 6.16. The van der Waals surface area contributed by atoms with E-state index in [2.05, 4.69) is 10.6 Å². The predicted molar refractivity (Wildman–Crippen MR) is 156 cm³/mol. The van der Waals surface area contributed by atoms with Gasteiger partial charge in [0.15, 0.2) is 0 Å². The molecule has 1 fully saturated rings. The van der Waals surface area contributed by atoms with Gasteiger partial charge in [0.25, 0.3) is 0 Å². The summed E-state index contributed by atoms with van der Waals surface area (Å²) in [7, 11) is 3.34. The number of carbonyl (C=O) groups is 4. The summed E-state index contributed by atoms with van der Waals surface area (Å²) < 4.78 is 5.21. The minimum atomic E-state index is -0.888. The zero-order valence-corrected chi connectivity index (χ0v) is 26.0. The molecular formula is C31H50N4O5. The lowest BCUT2D eigenvalue weighted by Gasteiger charge is -2.41. The highest BCUT2D eigenvalue weighted by Crippen LogP contribution is 2.29. The molecule has 1 aromatic rings. The van der Waals surface area contributed by atoms with Crippen molar-refractivity contribution in [2.24, 2.45) is 11.3 Å². The van der Waals surface area contributed by atoms with E-state index in [0.717, 1.165) is 5.56 Å². The lowest BCUT2D eigenvalue weighted by Crippen LogP contribution is -2.63. The van der Waals surface area contributed by atoms with Crippen molar-refractivity contribution >= 4 is 23.7 Å². The van der Waals surface area contributed by atoms with Gasteiger partial charge in [0.2, 0.25) is 17.7 Å². The first-order chi connectivity index (χ1) is 18.6. The molecule has 0 aromatic heterocycles. The second-order valence-corrected chi connectivity index (χ2v) is 12.7. The Morgan fingerprint density at radius 3 is 2.15 bits per heavy atom. The third-order valence-electron chi connectivity index (χ3n) is 7.93. The van der Waals surface area contributed by atoms with Crippen molar-refractivity contribution in [2.45, 2.75) is 97.8 Å². The lowest BCUT2D eigenvalue weighted by atomic mass is 9.76. The van der Waals surface area contributed by atoms with Crippen LogP contribution in [0.4, 0.5) is 0 Å². The molecule has 0 radical (unpaired) electrons. The van der Waals surface area contributed by atoms with E-state index in [1.54, 1.807) is 25.9 Å². The molecule has 1 saturated heterocycles. The summed E-state index contributed by atoms with van der Waals surface area (Å²) >= 11 is 0. The van der Waals surface area contributed by atoms with Gasteiger partial charge in [-0.05, 0) is 43.7 Å². The number of benzene rings is 1. The Bertz CT molecular complexity index is 1030. The van der Waals surface area contributed by atoms with Crippen LogP contribution >= 0.6 is 0 Å². The number of nitrogens with one attached hydrogen (secondary N) is 2. The minimum absolute atomic E-state index is 0.219. The van der Waals surface area contributed by atoms with E-state index in [1.807, 2.05) is 78.8 Å². The first kappa shape index (κ1) is 33.3. The Morgan fingerprint density at radius 1 is 1.05 bits per heavy atom. The number of ether oxygens (including phenoxy) is 1. The third-order valence-corrected chi connectivity index (χ3v) is 7.93. The van der Waals surface area contributed by atoms with Gasteiger partial charge in [-0.2, -0.15) is 0 Å². The maximum atomic E-state index is 14.1. The van der Waals surface area contributed by atoms with E-state index in [4.69, 9.17) is 4.74 Å². The van der Waals surface area contributed by atoms with E-state index in [1.165, 1.54) is 4.90 Å². The molecule has 0 saturated carbocycles. The average molecular weight is 559 g/mol. The second-order valence-electron chi connectivity index (χ2n) is 12.7. The van der Waals surface area contributed by atoms with Gasteiger partial charge in [-0.3, -0.25) is 14.4 Å². The van der Waals surface area contributed by atoms with Crippen molar-refractivity contribution in [3.05, 3.63) is 35.9 Å². The van der Waals surface area contributed by atoms with Gasteiger partial charge < -0.3 is 25.2 Å². The number of hydrogen-bond donors (Lipinski definition) is 2. The van der Waals surface area contributed by atoms with E-state index in [9.17, 15) is 19.2 Å². The molecule has 40 heavy (non-hydrogen) atoms. The molecule has 224 valence electrons. The van der Waals surface area contributed by atoms with Crippen LogP contribution in [0.15, 0.2) is 30.3 Å². The standard InChI is InChI=1S/C31H50N4O5/c1-11-40-29(39)22-18-15-19-35(22)27(37)23(20(2)3)34(10)28(38)25(30(4,5)6)33-26(36)24(32-9)31(7,8)21-16-13-12-14-17-21/h12-14,16-17,20,22-25,32H,11,15,18-19H2,1-10H3,(H,33,36)/t22-,23+,24-,25-/m1/s1. The van der Waals surface area contributed by atoms with Crippen LogP contribution in [-0.4, -0.2) is 84.9 Å². The highest BCUT2D eigenvalue weighted by atomic mass is 16.5. The number of amides is 3. The van der Waals surface area contributed by atoms with E-state index in [0.29, 0.717) is 19.4 Å². The first-order valence-corrected chi connectivity index (χ1v) is 14.4. The SMILES string of the molecule is CCOC(=O)[C@H]1CCCN1C(=O)[C@H](C(C)C)N(C)C(=O)[C@@H](NC(=O)[C@@H](NC)C(C)(C)c1ccccc1)C(C)(C)C. The number of likely N-dealkylation sites (tertiary alicyclic amines) is 1. The Labute approximate surface area is 240 Å². The molecule has 2 N–H and O–H groups in total. The smallest absolute Gasteiger partial charge is 0.328 e. The third kappa shape index (κ3) is 7.42. The summed E-state index contributed by atoms with van der Waals surface area (Å²) in [4.78, 5) is 57.2. The summed E-state index contributed by atoms with van der Waals surface area (Å²) in [6, 6.07) is 6.83. The molecule has 0 bridgehead atoms. The first-order valence-electron chi connectivity index (χ1n) is 14.4. The highest BCUT2D eigenvalue weighted by Gasteiger charge is 2.45. The van der Waals surface area contributed by atoms with Crippen molar-refractivity contribution in [1.82, 2.24) is 20.4 Å². The average Bonchev–Trinajstić information content (AvgIpc) is 3.37. The van der Waals surface area contributed by atoms with Crippen molar-refractivity contribution < 1.29 is 23.9 Å². The zero-order valence-electron chi connectivity index (χ0n) is 26.0. The predicted octanol–water partition coefficient (Wildman–Crippen LogP) is 3.12. The van der Waals surface area contributed by atoms with Crippen LogP contribution < -0.4 is 10.6 Å². The molecule has 0 spiro atoms. The van der Waals surface area contributed by atoms with Crippen molar-refractivity contribution in [1.29, 1.82) is 0 Å². The zero-order chi connectivity index (χ0) is 30.4. The fourth-order valence-corrected chi connectivity index (χ4v) is 5.65. The Kier molecular flexibility index (Phi) is 11.3. The molecule has 0 aliphatic carbocycles. The van der Waals surface area contributed by atoms with Crippen LogP contribution in [0.25, 0.3) is 0 Å². The van der Waals surface area contributed by atoms with E-state index < -0.39 is 41.0 Å².